The summed E-state index contributed by atoms with van der Waals surface area (Å²) < 4.78 is 0. The number of nitrogens with zero attached hydrogens (tertiary/aromatic N) is 1. The molecule has 0 unspecified atom stereocenters. The number of hydrogen-bond acceptors (Lipinski definition) is 2. The van der Waals surface area contributed by atoms with E-state index in [4.69, 9.17) is 16.7 Å². The van der Waals surface area contributed by atoms with Crippen molar-refractivity contribution in [1.29, 1.82) is 0 Å². The van der Waals surface area contributed by atoms with Crippen molar-refractivity contribution >= 4 is 23.3 Å². The first kappa shape index (κ1) is 15.0. The highest BCUT2D eigenvalue weighted by Crippen LogP contribution is 2.19. The maximum Gasteiger partial charge on any atom is 0.323 e. The highest BCUT2D eigenvalue weighted by atomic mass is 35.5. The molecule has 0 radical (unpaired) electrons. The van der Waals surface area contributed by atoms with Crippen molar-refractivity contribution in [2.75, 3.05) is 18.0 Å². The number of carboxylic acid groups (broad SMARTS) is 1. The lowest BCUT2D eigenvalue weighted by atomic mass is 10.2. The van der Waals surface area contributed by atoms with Crippen LogP contribution in [-0.2, 0) is 4.79 Å². The summed E-state index contributed by atoms with van der Waals surface area (Å²) in [4.78, 5) is 12.6. The second-order valence-corrected chi connectivity index (χ2v) is 4.83. The highest BCUT2D eigenvalue weighted by molar-refractivity contribution is 6.30. The van der Waals surface area contributed by atoms with E-state index in [0.29, 0.717) is 11.6 Å². The fourth-order valence-corrected chi connectivity index (χ4v) is 2.02. The summed E-state index contributed by atoms with van der Waals surface area (Å²) >= 11 is 5.95. The lowest BCUT2D eigenvalue weighted by molar-refractivity contribution is -0.135. The summed E-state index contributed by atoms with van der Waals surface area (Å²) in [5.74, 6) is 5.10. The number of aliphatic carboxylic acids is 1. The zero-order valence-corrected chi connectivity index (χ0v) is 12.0. The number of hydrogen-bond donors (Lipinski definition) is 1. The molecule has 0 fully saturated rings. The van der Waals surface area contributed by atoms with E-state index in [2.05, 4.69) is 11.8 Å². The molecule has 4 heteroatoms. The molecule has 1 N–H and O–H groups in total. The topological polar surface area (TPSA) is 40.5 Å². The molecule has 0 saturated carbocycles. The second kappa shape index (κ2) is 7.37. The average molecular weight is 300 g/mol. The Morgan fingerprint density at radius 1 is 1.14 bits per heavy atom. The summed E-state index contributed by atoms with van der Waals surface area (Å²) in [6.45, 7) is 0.200. The van der Waals surface area contributed by atoms with Crippen LogP contribution in [0.5, 0.6) is 0 Å². The van der Waals surface area contributed by atoms with E-state index in [1.165, 1.54) is 0 Å². The number of benzene rings is 2. The van der Waals surface area contributed by atoms with Crippen LogP contribution in [0.4, 0.5) is 5.69 Å². The van der Waals surface area contributed by atoms with E-state index in [0.717, 1.165) is 11.3 Å². The summed E-state index contributed by atoms with van der Waals surface area (Å²) in [5.41, 5.74) is 1.64. The third-order valence-electron chi connectivity index (χ3n) is 2.78. The van der Waals surface area contributed by atoms with E-state index >= 15 is 0 Å². The van der Waals surface area contributed by atoms with Crippen LogP contribution in [0.1, 0.15) is 5.56 Å². The molecular formula is C17H14ClNO2. The molecule has 3 nitrogen and oxygen atoms in total. The van der Waals surface area contributed by atoms with Gasteiger partial charge in [-0.2, -0.15) is 0 Å². The van der Waals surface area contributed by atoms with Gasteiger partial charge >= 0.3 is 5.97 Å². The van der Waals surface area contributed by atoms with Gasteiger partial charge in [0, 0.05) is 16.3 Å². The highest BCUT2D eigenvalue weighted by Gasteiger charge is 2.09. The second-order valence-electron chi connectivity index (χ2n) is 4.40. The maximum atomic E-state index is 11.0. The summed E-state index contributed by atoms with van der Waals surface area (Å²) in [6, 6.07) is 16.7. The quantitative estimate of drug-likeness (QED) is 0.881. The Labute approximate surface area is 128 Å². The molecule has 2 aromatic carbocycles. The minimum absolute atomic E-state index is 0.121. The maximum absolute atomic E-state index is 11.0. The van der Waals surface area contributed by atoms with E-state index in [9.17, 15) is 4.79 Å². The Balaban J connectivity index is 2.14. The predicted molar refractivity (Wildman–Crippen MR) is 84.6 cm³/mol. The van der Waals surface area contributed by atoms with Gasteiger partial charge in [-0.3, -0.25) is 4.79 Å². The molecule has 0 aliphatic heterocycles. The van der Waals surface area contributed by atoms with Gasteiger partial charge in [-0.25, -0.2) is 0 Å². The van der Waals surface area contributed by atoms with Gasteiger partial charge in [-0.1, -0.05) is 47.7 Å². The van der Waals surface area contributed by atoms with Crippen molar-refractivity contribution in [2.45, 2.75) is 0 Å². The minimum Gasteiger partial charge on any atom is -0.480 e. The average Bonchev–Trinajstić information content (AvgIpc) is 2.47. The van der Waals surface area contributed by atoms with Crippen LogP contribution in [0.2, 0.25) is 5.02 Å². The van der Waals surface area contributed by atoms with Gasteiger partial charge in [0.2, 0.25) is 0 Å². The van der Waals surface area contributed by atoms with Crippen LogP contribution in [0.15, 0.2) is 54.6 Å². The predicted octanol–water partition coefficient (Wildman–Crippen LogP) is 3.28. The summed E-state index contributed by atoms with van der Waals surface area (Å²) in [5, 5.41) is 9.58. The molecule has 0 bridgehead atoms. The number of halogens is 1. The van der Waals surface area contributed by atoms with Gasteiger partial charge in [0.25, 0.3) is 0 Å². The molecule has 0 saturated heterocycles. The molecule has 2 rings (SSSR count). The van der Waals surface area contributed by atoms with Gasteiger partial charge < -0.3 is 10.0 Å². The molecule has 0 aliphatic rings. The van der Waals surface area contributed by atoms with Crippen molar-refractivity contribution in [1.82, 2.24) is 0 Å². The third kappa shape index (κ3) is 4.87. The monoisotopic (exact) mass is 299 g/mol. The first-order valence-corrected chi connectivity index (χ1v) is 6.79. The van der Waals surface area contributed by atoms with Crippen molar-refractivity contribution in [3.63, 3.8) is 0 Å². The Morgan fingerprint density at radius 2 is 1.90 bits per heavy atom. The molecule has 0 spiro atoms. The summed E-state index contributed by atoms with van der Waals surface area (Å²) in [6.07, 6.45) is 0. The van der Waals surface area contributed by atoms with Crippen LogP contribution >= 0.6 is 11.6 Å². The lowest BCUT2D eigenvalue weighted by Gasteiger charge is -2.20. The zero-order chi connectivity index (χ0) is 15.1. The number of rotatable bonds is 4. The normalized spacial score (nSPS) is 9.57. The van der Waals surface area contributed by atoms with Gasteiger partial charge in [0.1, 0.15) is 6.54 Å². The molecule has 106 valence electrons. The largest absolute Gasteiger partial charge is 0.480 e. The van der Waals surface area contributed by atoms with Crippen molar-refractivity contribution < 1.29 is 9.90 Å². The van der Waals surface area contributed by atoms with Crippen molar-refractivity contribution in [3.8, 4) is 11.8 Å². The van der Waals surface area contributed by atoms with Crippen LogP contribution in [0.25, 0.3) is 0 Å². The van der Waals surface area contributed by atoms with Gasteiger partial charge in [-0.15, -0.1) is 0 Å². The van der Waals surface area contributed by atoms with Crippen LogP contribution < -0.4 is 4.90 Å². The van der Waals surface area contributed by atoms with Crippen LogP contribution in [0.3, 0.4) is 0 Å². The smallest absolute Gasteiger partial charge is 0.323 e. The molecule has 0 atom stereocenters. The standard InChI is InChI=1S/C17H14ClNO2/c18-15-9-4-10-16(12-15)19(13-17(20)21)11-5-8-14-6-2-1-3-7-14/h1-4,6-7,9-10,12H,11,13H2,(H,20,21). The molecule has 0 aliphatic carbocycles. The molecule has 0 aromatic heterocycles. The molecule has 21 heavy (non-hydrogen) atoms. The van der Waals surface area contributed by atoms with Crippen molar-refractivity contribution in [2.24, 2.45) is 0 Å². The summed E-state index contributed by atoms with van der Waals surface area (Å²) in [7, 11) is 0. The SMILES string of the molecule is O=C(O)CN(CC#Cc1ccccc1)c1cccc(Cl)c1. The van der Waals surface area contributed by atoms with Gasteiger partial charge in [0.15, 0.2) is 0 Å². The zero-order valence-electron chi connectivity index (χ0n) is 11.3. The fraction of sp³-hybridized carbons (Fsp3) is 0.118. The van der Waals surface area contributed by atoms with Gasteiger partial charge in [0.05, 0.1) is 6.54 Å². The van der Waals surface area contributed by atoms with E-state index in [1.807, 2.05) is 36.4 Å². The Bertz CT molecular complexity index is 674. The van der Waals surface area contributed by atoms with E-state index in [1.54, 1.807) is 23.1 Å². The Hall–Kier alpha value is -2.44. The Morgan fingerprint density at radius 3 is 2.57 bits per heavy atom. The Kier molecular flexibility index (Phi) is 5.25. The minimum atomic E-state index is -0.906. The third-order valence-corrected chi connectivity index (χ3v) is 3.01. The van der Waals surface area contributed by atoms with Gasteiger partial charge in [-0.05, 0) is 30.3 Å². The van der Waals surface area contributed by atoms with Crippen molar-refractivity contribution in [3.05, 3.63) is 65.2 Å². The first-order chi connectivity index (χ1) is 10.1. The van der Waals surface area contributed by atoms with E-state index in [-0.39, 0.29) is 6.54 Å². The van der Waals surface area contributed by atoms with Crippen LogP contribution in [-0.4, -0.2) is 24.2 Å². The lowest BCUT2D eigenvalue weighted by Crippen LogP contribution is -2.30. The molecule has 0 amide bonds. The van der Waals surface area contributed by atoms with Crippen LogP contribution in [0, 0.1) is 11.8 Å². The van der Waals surface area contributed by atoms with E-state index < -0.39 is 5.97 Å². The number of anilines is 1. The fourth-order valence-electron chi connectivity index (χ4n) is 1.83. The number of carboxylic acids is 1. The molecule has 0 heterocycles. The number of carbonyl (C=O) groups is 1. The first-order valence-electron chi connectivity index (χ1n) is 6.41. The molecule has 2 aromatic rings. The molecular weight excluding hydrogens is 286 g/mol.